The van der Waals surface area contributed by atoms with Crippen LogP contribution >= 0.6 is 46.3 Å². The molecule has 2 aromatic rings. The minimum absolute atomic E-state index is 0.168. The predicted octanol–water partition coefficient (Wildman–Crippen LogP) is 5.48. The van der Waals surface area contributed by atoms with E-state index in [1.165, 1.54) is 23.1 Å². The highest BCUT2D eigenvalue weighted by molar-refractivity contribution is 8.04. The summed E-state index contributed by atoms with van der Waals surface area (Å²) in [5, 5.41) is 2.55. The number of anilines is 1. The number of thiophene rings is 1. The zero-order valence-electron chi connectivity index (χ0n) is 12.9. The number of amides is 2. The summed E-state index contributed by atoms with van der Waals surface area (Å²) in [6.07, 6.45) is 0. The summed E-state index contributed by atoms with van der Waals surface area (Å²) >= 11 is 15.1. The van der Waals surface area contributed by atoms with Crippen molar-refractivity contribution in [3.05, 3.63) is 55.5 Å². The van der Waals surface area contributed by atoms with Gasteiger partial charge in [0.05, 0.1) is 26.2 Å². The molecule has 1 aromatic heterocycles. The van der Waals surface area contributed by atoms with Crippen LogP contribution in [0.4, 0.5) is 5.69 Å². The molecule has 124 valence electrons. The fourth-order valence-electron chi connectivity index (χ4n) is 2.38. The van der Waals surface area contributed by atoms with Crippen molar-refractivity contribution in [3.8, 4) is 0 Å². The molecular weight excluding hydrogens is 385 g/mol. The van der Waals surface area contributed by atoms with Gasteiger partial charge in [0.25, 0.3) is 11.8 Å². The van der Waals surface area contributed by atoms with Gasteiger partial charge in [0.2, 0.25) is 0 Å². The third-order valence-corrected chi connectivity index (χ3v) is 6.12. The Balaban J connectivity index is 2.13. The Morgan fingerprint density at radius 3 is 2.46 bits per heavy atom. The van der Waals surface area contributed by atoms with Crippen LogP contribution in [0.5, 0.6) is 0 Å². The molecule has 3 rings (SSSR count). The lowest BCUT2D eigenvalue weighted by Gasteiger charge is -2.17. The maximum atomic E-state index is 13.0. The standard InChI is InChI=1S/C17H13Cl2NO2S2/c1-9(2)24-15-13(12-7-4-8-23-12)16(21)20(17(15)22)11-6-3-5-10(18)14(11)19/h3-9H,1-2H3. The van der Waals surface area contributed by atoms with E-state index in [9.17, 15) is 9.59 Å². The van der Waals surface area contributed by atoms with Crippen LogP contribution in [0.1, 0.15) is 18.7 Å². The van der Waals surface area contributed by atoms with Crippen molar-refractivity contribution in [1.29, 1.82) is 0 Å². The number of benzene rings is 1. The number of nitrogens with zero attached hydrogens (tertiary/aromatic N) is 1. The lowest BCUT2D eigenvalue weighted by Crippen LogP contribution is -2.31. The van der Waals surface area contributed by atoms with Gasteiger partial charge in [0.15, 0.2) is 0 Å². The molecule has 2 heterocycles. The number of imide groups is 1. The van der Waals surface area contributed by atoms with Crippen molar-refractivity contribution < 1.29 is 9.59 Å². The molecule has 0 bridgehead atoms. The quantitative estimate of drug-likeness (QED) is 0.640. The van der Waals surface area contributed by atoms with E-state index in [0.29, 0.717) is 21.2 Å². The molecular formula is C17H13Cl2NO2S2. The second kappa shape index (κ2) is 6.92. The van der Waals surface area contributed by atoms with Gasteiger partial charge in [0, 0.05) is 10.1 Å². The molecule has 0 N–H and O–H groups in total. The van der Waals surface area contributed by atoms with Crippen LogP contribution in [0, 0.1) is 0 Å². The van der Waals surface area contributed by atoms with Gasteiger partial charge in [-0.25, -0.2) is 4.90 Å². The number of halogens is 2. The first-order valence-corrected chi connectivity index (χ1v) is 9.71. The largest absolute Gasteiger partial charge is 0.272 e. The Morgan fingerprint density at radius 2 is 1.83 bits per heavy atom. The van der Waals surface area contributed by atoms with E-state index in [2.05, 4.69) is 0 Å². The molecule has 24 heavy (non-hydrogen) atoms. The number of rotatable bonds is 4. The number of carbonyl (C=O) groups excluding carboxylic acids is 2. The molecule has 7 heteroatoms. The summed E-state index contributed by atoms with van der Waals surface area (Å²) in [6.45, 7) is 3.97. The van der Waals surface area contributed by atoms with Crippen LogP contribution in [0.15, 0.2) is 40.6 Å². The molecule has 0 saturated carbocycles. The molecule has 1 aliphatic heterocycles. The third-order valence-electron chi connectivity index (χ3n) is 3.33. The molecule has 0 spiro atoms. The van der Waals surface area contributed by atoms with Crippen molar-refractivity contribution in [1.82, 2.24) is 0 Å². The molecule has 0 unspecified atom stereocenters. The van der Waals surface area contributed by atoms with E-state index in [4.69, 9.17) is 23.2 Å². The molecule has 1 aromatic carbocycles. The van der Waals surface area contributed by atoms with Gasteiger partial charge in [-0.1, -0.05) is 49.2 Å². The van der Waals surface area contributed by atoms with Crippen LogP contribution < -0.4 is 4.90 Å². The average Bonchev–Trinajstić information content (AvgIpc) is 3.11. The number of thioether (sulfide) groups is 1. The van der Waals surface area contributed by atoms with E-state index in [1.807, 2.05) is 31.4 Å². The third kappa shape index (κ3) is 3.02. The van der Waals surface area contributed by atoms with Crippen LogP contribution in [0.2, 0.25) is 10.0 Å². The Labute approximate surface area is 158 Å². The summed E-state index contributed by atoms with van der Waals surface area (Å²) in [5.41, 5.74) is 0.748. The first-order valence-electron chi connectivity index (χ1n) is 7.19. The van der Waals surface area contributed by atoms with Crippen LogP contribution in [0.25, 0.3) is 5.57 Å². The molecule has 2 amide bonds. The summed E-state index contributed by atoms with van der Waals surface area (Å²) in [5.74, 6) is -0.721. The van der Waals surface area contributed by atoms with Gasteiger partial charge in [-0.05, 0) is 23.6 Å². The molecule has 3 nitrogen and oxygen atoms in total. The van der Waals surface area contributed by atoms with Gasteiger partial charge in [-0.2, -0.15) is 0 Å². The van der Waals surface area contributed by atoms with E-state index in [0.717, 1.165) is 9.78 Å². The average molecular weight is 398 g/mol. The van der Waals surface area contributed by atoms with Crippen LogP contribution in [0.3, 0.4) is 0 Å². The predicted molar refractivity (Wildman–Crippen MR) is 103 cm³/mol. The molecule has 0 saturated heterocycles. The topological polar surface area (TPSA) is 37.4 Å². The summed E-state index contributed by atoms with van der Waals surface area (Å²) in [7, 11) is 0. The molecule has 0 fully saturated rings. The lowest BCUT2D eigenvalue weighted by atomic mass is 10.2. The molecule has 0 aliphatic carbocycles. The van der Waals surface area contributed by atoms with Gasteiger partial charge in [0.1, 0.15) is 0 Å². The summed E-state index contributed by atoms with van der Waals surface area (Å²) in [4.78, 5) is 28.3. The number of hydrogen-bond donors (Lipinski definition) is 0. The van der Waals surface area contributed by atoms with Crippen molar-refractivity contribution in [2.75, 3.05) is 4.90 Å². The molecule has 0 atom stereocenters. The number of carbonyl (C=O) groups is 2. The zero-order chi connectivity index (χ0) is 17.4. The Bertz CT molecular complexity index is 844. The fraction of sp³-hybridized carbons (Fsp3) is 0.176. The van der Waals surface area contributed by atoms with Crippen molar-refractivity contribution in [2.24, 2.45) is 0 Å². The van der Waals surface area contributed by atoms with Gasteiger partial charge in [-0.15, -0.1) is 23.1 Å². The highest BCUT2D eigenvalue weighted by Gasteiger charge is 2.41. The van der Waals surface area contributed by atoms with Gasteiger partial charge < -0.3 is 0 Å². The van der Waals surface area contributed by atoms with Crippen LogP contribution in [-0.2, 0) is 9.59 Å². The minimum atomic E-state index is -0.366. The Morgan fingerprint density at radius 1 is 1.08 bits per heavy atom. The Kier molecular flexibility index (Phi) is 5.06. The maximum absolute atomic E-state index is 13.0. The summed E-state index contributed by atoms with van der Waals surface area (Å²) < 4.78 is 0. The smallest absolute Gasteiger partial charge is 0.268 e. The summed E-state index contributed by atoms with van der Waals surface area (Å²) in [6, 6.07) is 8.62. The lowest BCUT2D eigenvalue weighted by molar-refractivity contribution is -0.119. The normalized spacial score (nSPS) is 15.1. The molecule has 1 aliphatic rings. The van der Waals surface area contributed by atoms with E-state index < -0.39 is 0 Å². The van der Waals surface area contributed by atoms with Crippen molar-refractivity contribution in [3.63, 3.8) is 0 Å². The zero-order valence-corrected chi connectivity index (χ0v) is 16.0. The maximum Gasteiger partial charge on any atom is 0.272 e. The van der Waals surface area contributed by atoms with Gasteiger partial charge >= 0.3 is 0 Å². The number of hydrogen-bond acceptors (Lipinski definition) is 4. The first kappa shape index (κ1) is 17.5. The van der Waals surface area contributed by atoms with Crippen molar-refractivity contribution in [2.45, 2.75) is 19.1 Å². The second-order valence-corrected chi connectivity index (χ2v) is 8.69. The van der Waals surface area contributed by atoms with E-state index in [-0.39, 0.29) is 22.1 Å². The van der Waals surface area contributed by atoms with E-state index >= 15 is 0 Å². The SMILES string of the molecule is CC(C)SC1=C(c2cccs2)C(=O)N(c2cccc(Cl)c2Cl)C1=O. The van der Waals surface area contributed by atoms with E-state index in [1.54, 1.807) is 18.2 Å². The monoisotopic (exact) mass is 397 g/mol. The highest BCUT2D eigenvalue weighted by Crippen LogP contribution is 2.43. The highest BCUT2D eigenvalue weighted by atomic mass is 35.5. The molecule has 0 radical (unpaired) electrons. The van der Waals surface area contributed by atoms with Crippen molar-refractivity contribution >= 4 is 69.4 Å². The minimum Gasteiger partial charge on any atom is -0.268 e. The fourth-order valence-corrected chi connectivity index (χ4v) is 4.57. The second-order valence-electron chi connectivity index (χ2n) is 5.37. The first-order chi connectivity index (χ1) is 11.4. The Hall–Kier alpha value is -1.27. The van der Waals surface area contributed by atoms with Gasteiger partial charge in [-0.3, -0.25) is 9.59 Å². The van der Waals surface area contributed by atoms with Crippen LogP contribution in [-0.4, -0.2) is 17.1 Å².